The number of hydroxylamine groups is 2. The number of carbonyl (C=O) groups excluding carboxylic acids is 3. The third kappa shape index (κ3) is 2.06. The number of amides is 2. The van der Waals surface area contributed by atoms with E-state index in [9.17, 15) is 14.4 Å². The predicted octanol–water partition coefficient (Wildman–Crippen LogP) is 2.09. The predicted molar refractivity (Wildman–Crippen MR) is 91.0 cm³/mol. The monoisotopic (exact) mass is 367 g/mol. The van der Waals surface area contributed by atoms with Crippen LogP contribution in [0.3, 0.4) is 0 Å². The topological polar surface area (TPSA) is 81.1 Å². The minimum absolute atomic E-state index is 0.0641. The van der Waals surface area contributed by atoms with Crippen LogP contribution in [-0.2, 0) is 21.0 Å². The third-order valence-corrected chi connectivity index (χ3v) is 5.50. The molecule has 5 rings (SSSR count). The molecule has 1 spiro atoms. The Bertz CT molecular complexity index is 940. The zero-order valence-corrected chi connectivity index (χ0v) is 14.4. The van der Waals surface area contributed by atoms with Crippen LogP contribution in [0.15, 0.2) is 48.7 Å². The maximum atomic E-state index is 12.8. The number of ether oxygens (including phenoxy) is 1. The molecule has 3 aliphatic rings. The van der Waals surface area contributed by atoms with Crippen LogP contribution < -0.4 is 0 Å². The second-order valence-electron chi connectivity index (χ2n) is 6.90. The zero-order chi connectivity index (χ0) is 18.6. The van der Waals surface area contributed by atoms with Gasteiger partial charge in [-0.25, -0.2) is 9.59 Å². The lowest BCUT2D eigenvalue weighted by Crippen LogP contribution is -2.60. The largest absolute Gasteiger partial charge is 0.445 e. The lowest BCUT2D eigenvalue weighted by Gasteiger charge is -2.41. The summed E-state index contributed by atoms with van der Waals surface area (Å²) in [5, 5.41) is 0.972. The highest BCUT2D eigenvalue weighted by Gasteiger charge is 2.68. The molecule has 8 heteroatoms. The fraction of sp³-hybridized carbons (Fsp3) is 0.316. The van der Waals surface area contributed by atoms with Gasteiger partial charge in [0, 0.05) is 12.7 Å². The number of hydrogen-bond donors (Lipinski definition) is 0. The molecule has 2 amide bonds. The van der Waals surface area contributed by atoms with Crippen molar-refractivity contribution in [1.82, 2.24) is 14.5 Å². The van der Waals surface area contributed by atoms with Crippen LogP contribution in [0.2, 0.25) is 0 Å². The van der Waals surface area contributed by atoms with E-state index >= 15 is 0 Å². The molecule has 2 fully saturated rings. The van der Waals surface area contributed by atoms with Crippen molar-refractivity contribution in [3.05, 3.63) is 59.9 Å². The van der Waals surface area contributed by atoms with Crippen LogP contribution in [0, 0.1) is 0 Å². The Balaban J connectivity index is 1.49. The summed E-state index contributed by atoms with van der Waals surface area (Å²) in [6.45, 7) is 0.525. The summed E-state index contributed by atoms with van der Waals surface area (Å²) >= 11 is 0. The van der Waals surface area contributed by atoms with E-state index in [1.54, 1.807) is 27.8 Å². The van der Waals surface area contributed by atoms with E-state index in [4.69, 9.17) is 9.57 Å². The summed E-state index contributed by atoms with van der Waals surface area (Å²) in [5.74, 6) is -0.806. The van der Waals surface area contributed by atoms with Gasteiger partial charge in [-0.1, -0.05) is 30.3 Å². The van der Waals surface area contributed by atoms with Crippen LogP contribution in [0.25, 0.3) is 0 Å². The lowest BCUT2D eigenvalue weighted by molar-refractivity contribution is -0.171. The summed E-state index contributed by atoms with van der Waals surface area (Å²) in [4.78, 5) is 45.2. The molecule has 0 aliphatic carbocycles. The van der Waals surface area contributed by atoms with E-state index in [0.29, 0.717) is 25.1 Å². The maximum absolute atomic E-state index is 12.8. The van der Waals surface area contributed by atoms with Gasteiger partial charge in [0.2, 0.25) is 0 Å². The highest BCUT2D eigenvalue weighted by Crippen LogP contribution is 2.50. The average molecular weight is 367 g/mol. The van der Waals surface area contributed by atoms with Crippen LogP contribution in [0.5, 0.6) is 0 Å². The summed E-state index contributed by atoms with van der Waals surface area (Å²) in [5.41, 5.74) is 0.0697. The molecule has 0 saturated carbocycles. The molecule has 2 atom stereocenters. The Labute approximate surface area is 154 Å². The molecule has 1 aromatic carbocycles. The van der Waals surface area contributed by atoms with Crippen LogP contribution in [0.4, 0.5) is 4.79 Å². The van der Waals surface area contributed by atoms with Crippen molar-refractivity contribution in [2.45, 2.75) is 31.2 Å². The summed E-state index contributed by atoms with van der Waals surface area (Å²) in [6, 6.07) is 12.7. The normalized spacial score (nSPS) is 25.7. The lowest BCUT2D eigenvalue weighted by atomic mass is 9.90. The van der Waals surface area contributed by atoms with Gasteiger partial charge in [0.1, 0.15) is 12.3 Å². The molecule has 138 valence electrons. The van der Waals surface area contributed by atoms with E-state index in [0.717, 1.165) is 10.6 Å². The average Bonchev–Trinajstić information content (AvgIpc) is 3.39. The molecule has 0 bridgehead atoms. The molecule has 0 radical (unpaired) electrons. The van der Waals surface area contributed by atoms with Gasteiger partial charge in [-0.05, 0) is 30.5 Å². The Morgan fingerprint density at radius 2 is 2.00 bits per heavy atom. The van der Waals surface area contributed by atoms with Gasteiger partial charge in [-0.15, -0.1) is 5.06 Å². The van der Waals surface area contributed by atoms with Gasteiger partial charge < -0.3 is 19.0 Å². The highest BCUT2D eigenvalue weighted by molar-refractivity contribution is 6.00. The van der Waals surface area contributed by atoms with Crippen molar-refractivity contribution in [2.75, 3.05) is 6.54 Å². The van der Waals surface area contributed by atoms with Gasteiger partial charge in [-0.3, -0.25) is 4.79 Å². The number of carbonyl (C=O) groups is 3. The first-order chi connectivity index (χ1) is 13.1. The number of benzene rings is 1. The van der Waals surface area contributed by atoms with Gasteiger partial charge in [0.15, 0.2) is 11.7 Å². The summed E-state index contributed by atoms with van der Waals surface area (Å²) in [7, 11) is 0. The molecule has 27 heavy (non-hydrogen) atoms. The zero-order valence-electron chi connectivity index (χ0n) is 14.4. The fourth-order valence-electron chi connectivity index (χ4n) is 4.31. The van der Waals surface area contributed by atoms with Gasteiger partial charge in [0.25, 0.3) is 5.91 Å². The van der Waals surface area contributed by atoms with E-state index in [1.807, 2.05) is 30.3 Å². The van der Waals surface area contributed by atoms with E-state index < -0.39 is 23.8 Å². The number of aromatic nitrogens is 1. The Hall–Kier alpha value is -3.29. The molecule has 1 aromatic heterocycles. The first-order valence-electron chi connectivity index (χ1n) is 8.84. The van der Waals surface area contributed by atoms with Crippen LogP contribution in [-0.4, -0.2) is 44.6 Å². The van der Waals surface area contributed by atoms with Gasteiger partial charge >= 0.3 is 12.1 Å². The van der Waals surface area contributed by atoms with Crippen molar-refractivity contribution < 1.29 is 24.0 Å². The summed E-state index contributed by atoms with van der Waals surface area (Å²) in [6.07, 6.45) is 1.29. The molecular formula is C19H17N3O5. The second kappa shape index (κ2) is 5.60. The van der Waals surface area contributed by atoms with Crippen LogP contribution >= 0.6 is 0 Å². The molecule has 0 N–H and O–H groups in total. The minimum Gasteiger partial charge on any atom is -0.442 e. The Morgan fingerprint density at radius 3 is 2.81 bits per heavy atom. The molecule has 4 heterocycles. The van der Waals surface area contributed by atoms with Crippen molar-refractivity contribution in [3.63, 3.8) is 0 Å². The van der Waals surface area contributed by atoms with E-state index in [1.165, 1.54) is 0 Å². The number of hydrogen-bond acceptors (Lipinski definition) is 5. The highest BCUT2D eigenvalue weighted by atomic mass is 16.8. The molecule has 2 aromatic rings. The molecule has 0 unspecified atom stereocenters. The van der Waals surface area contributed by atoms with Gasteiger partial charge in [-0.2, -0.15) is 0 Å². The SMILES string of the molecule is O=C(OCc1ccccc1)N1OC(=O)[C@@]23CCCN2C(=O)c2cccn2[C@@H]13. The van der Waals surface area contributed by atoms with Crippen molar-refractivity contribution in [2.24, 2.45) is 0 Å². The van der Waals surface area contributed by atoms with Crippen molar-refractivity contribution >= 4 is 18.0 Å². The quantitative estimate of drug-likeness (QED) is 0.812. The number of nitrogens with zero attached hydrogens (tertiary/aromatic N) is 3. The number of fused-ring (bicyclic) bond motifs is 2. The van der Waals surface area contributed by atoms with E-state index in [2.05, 4.69) is 0 Å². The Morgan fingerprint density at radius 1 is 1.19 bits per heavy atom. The third-order valence-electron chi connectivity index (χ3n) is 5.50. The standard InChI is InChI=1S/C19H17N3O5/c23-15-14-8-4-10-20(14)16-19(9-5-11-21(15)19)17(24)27-22(16)18(25)26-12-13-6-2-1-3-7-13/h1-4,6-8,10,16H,5,9,11-12H2/t16-,19-/m0/s1. The van der Waals surface area contributed by atoms with Crippen molar-refractivity contribution in [1.29, 1.82) is 0 Å². The van der Waals surface area contributed by atoms with E-state index in [-0.39, 0.29) is 12.5 Å². The fourth-order valence-corrected chi connectivity index (χ4v) is 4.31. The molecule has 2 saturated heterocycles. The molecule has 3 aliphatic heterocycles. The minimum atomic E-state index is -1.19. The second-order valence-corrected chi connectivity index (χ2v) is 6.90. The van der Waals surface area contributed by atoms with Crippen LogP contribution in [0.1, 0.15) is 35.1 Å². The smallest absolute Gasteiger partial charge is 0.442 e. The molecule has 8 nitrogen and oxygen atoms in total. The Kier molecular flexibility index (Phi) is 3.30. The first kappa shape index (κ1) is 15.9. The van der Waals surface area contributed by atoms with Crippen molar-refractivity contribution in [3.8, 4) is 0 Å². The molecular weight excluding hydrogens is 350 g/mol. The maximum Gasteiger partial charge on any atom is 0.445 e. The number of rotatable bonds is 2. The van der Waals surface area contributed by atoms with Gasteiger partial charge in [0.05, 0.1) is 0 Å². The summed E-state index contributed by atoms with van der Waals surface area (Å²) < 4.78 is 7.00. The first-order valence-corrected chi connectivity index (χ1v) is 8.84.